The zero-order valence-corrected chi connectivity index (χ0v) is 14.1. The smallest absolute Gasteiger partial charge is 0.359 e. The molecule has 134 valence electrons. The Labute approximate surface area is 135 Å². The molecule has 0 radical (unpaired) electrons. The molecule has 1 saturated heterocycles. The highest BCUT2D eigenvalue weighted by molar-refractivity contribution is 5.80. The number of hydrogen-bond donors (Lipinski definition) is 2. The lowest BCUT2D eigenvalue weighted by Gasteiger charge is -2.34. The van der Waals surface area contributed by atoms with Crippen molar-refractivity contribution in [3.05, 3.63) is 0 Å². The van der Waals surface area contributed by atoms with Gasteiger partial charge in [-0.05, 0) is 24.7 Å². The molecule has 0 aromatic rings. The van der Waals surface area contributed by atoms with E-state index in [2.05, 4.69) is 10.6 Å². The average Bonchev–Trinajstić information content (AvgIpc) is 2.43. The molecule has 0 saturated carbocycles. The Morgan fingerprint density at radius 2 is 1.87 bits per heavy atom. The molecule has 5 nitrogen and oxygen atoms in total. The Hall–Kier alpha value is -1.47. The maximum Gasteiger partial charge on any atom is 0.408 e. The summed E-state index contributed by atoms with van der Waals surface area (Å²) in [4.78, 5) is 25.1. The molecule has 0 aromatic heterocycles. The summed E-state index contributed by atoms with van der Waals surface area (Å²) in [5.74, 6) is -0.559. The second kappa shape index (κ2) is 7.40. The van der Waals surface area contributed by atoms with Gasteiger partial charge >= 0.3 is 12.2 Å². The normalized spacial score (nSPS) is 20.8. The van der Waals surface area contributed by atoms with Crippen LogP contribution in [0.15, 0.2) is 0 Å². The van der Waals surface area contributed by atoms with Crippen LogP contribution in [-0.2, 0) is 4.79 Å². The molecular formula is C15H26F3N3O2. The van der Waals surface area contributed by atoms with Gasteiger partial charge in [-0.1, -0.05) is 20.8 Å². The van der Waals surface area contributed by atoms with Crippen molar-refractivity contribution in [2.75, 3.05) is 20.1 Å². The van der Waals surface area contributed by atoms with Crippen molar-refractivity contribution >= 4 is 11.9 Å². The highest BCUT2D eigenvalue weighted by Crippen LogP contribution is 2.31. The molecule has 0 unspecified atom stereocenters. The second-order valence-corrected chi connectivity index (χ2v) is 7.21. The van der Waals surface area contributed by atoms with Gasteiger partial charge < -0.3 is 15.5 Å². The predicted octanol–water partition coefficient (Wildman–Crippen LogP) is 2.52. The van der Waals surface area contributed by atoms with Gasteiger partial charge in [-0.25, -0.2) is 4.79 Å². The van der Waals surface area contributed by atoms with Gasteiger partial charge in [-0.2, -0.15) is 13.2 Å². The Morgan fingerprint density at radius 3 is 2.35 bits per heavy atom. The van der Waals surface area contributed by atoms with Gasteiger partial charge in [0, 0.05) is 20.1 Å². The summed E-state index contributed by atoms with van der Waals surface area (Å²) in [5, 5.41) is 4.60. The van der Waals surface area contributed by atoms with E-state index in [1.165, 1.54) is 11.9 Å². The van der Waals surface area contributed by atoms with Crippen LogP contribution in [0.5, 0.6) is 0 Å². The summed E-state index contributed by atoms with van der Waals surface area (Å²) < 4.78 is 39.4. The van der Waals surface area contributed by atoms with Crippen molar-refractivity contribution in [3.8, 4) is 0 Å². The first kappa shape index (κ1) is 19.6. The third-order valence-corrected chi connectivity index (χ3v) is 3.84. The molecule has 2 N–H and O–H groups in total. The molecule has 8 heteroatoms. The van der Waals surface area contributed by atoms with Crippen LogP contribution in [0.25, 0.3) is 0 Å². The average molecular weight is 337 g/mol. The summed E-state index contributed by atoms with van der Waals surface area (Å²) in [6.07, 6.45) is -3.47. The maximum absolute atomic E-state index is 13.1. The summed E-state index contributed by atoms with van der Waals surface area (Å²) in [6, 6.07) is -2.65. The molecule has 0 bridgehead atoms. The number of amides is 3. The number of likely N-dealkylation sites (tertiary alicyclic amines) is 1. The Balaban J connectivity index is 2.73. The van der Waals surface area contributed by atoms with Crippen LogP contribution >= 0.6 is 0 Å². The molecule has 1 fully saturated rings. The Morgan fingerprint density at radius 1 is 1.26 bits per heavy atom. The number of hydrogen-bond acceptors (Lipinski definition) is 2. The van der Waals surface area contributed by atoms with Gasteiger partial charge in [0.2, 0.25) is 5.91 Å². The minimum atomic E-state index is -4.50. The van der Waals surface area contributed by atoms with Gasteiger partial charge in [0.25, 0.3) is 0 Å². The number of urea groups is 1. The van der Waals surface area contributed by atoms with E-state index in [4.69, 9.17) is 0 Å². The van der Waals surface area contributed by atoms with Gasteiger partial charge in [0.05, 0.1) is 5.92 Å². The Kier molecular flexibility index (Phi) is 6.30. The van der Waals surface area contributed by atoms with Crippen LogP contribution < -0.4 is 10.6 Å². The van der Waals surface area contributed by atoms with E-state index in [1.54, 1.807) is 20.8 Å². The monoisotopic (exact) mass is 337 g/mol. The van der Waals surface area contributed by atoms with Crippen molar-refractivity contribution in [2.45, 2.75) is 52.3 Å². The predicted molar refractivity (Wildman–Crippen MR) is 80.8 cm³/mol. The highest BCUT2D eigenvalue weighted by Gasteiger charge is 2.43. The molecule has 1 rings (SSSR count). The van der Waals surface area contributed by atoms with E-state index in [0.29, 0.717) is 19.4 Å². The van der Waals surface area contributed by atoms with Crippen molar-refractivity contribution in [3.63, 3.8) is 0 Å². The van der Waals surface area contributed by atoms with Crippen LogP contribution in [0.2, 0.25) is 0 Å². The number of nitrogens with zero attached hydrogens (tertiary/aromatic N) is 1. The SMILES string of the molecule is CNC(=O)[C@H]1CCCN(C(=O)N[C@@H](CC(C)(C)C)C(F)(F)F)C1. The maximum atomic E-state index is 13.1. The first-order valence-corrected chi connectivity index (χ1v) is 7.78. The number of halogens is 3. The first-order valence-electron chi connectivity index (χ1n) is 7.78. The summed E-state index contributed by atoms with van der Waals surface area (Å²) in [5.41, 5.74) is -0.569. The first-order chi connectivity index (χ1) is 10.4. The number of rotatable bonds is 3. The fourth-order valence-electron chi connectivity index (χ4n) is 2.68. The van der Waals surface area contributed by atoms with E-state index in [1.807, 2.05) is 0 Å². The van der Waals surface area contributed by atoms with Crippen molar-refractivity contribution in [1.82, 2.24) is 15.5 Å². The number of carbonyl (C=O) groups is 2. The lowest BCUT2D eigenvalue weighted by molar-refractivity contribution is -0.159. The topological polar surface area (TPSA) is 61.4 Å². The largest absolute Gasteiger partial charge is 0.408 e. The third-order valence-electron chi connectivity index (χ3n) is 3.84. The van der Waals surface area contributed by atoms with E-state index in [-0.39, 0.29) is 24.8 Å². The van der Waals surface area contributed by atoms with E-state index >= 15 is 0 Å². The standard InChI is InChI=1S/C15H26F3N3O2/c1-14(2,3)8-11(15(16,17)18)20-13(23)21-7-5-6-10(9-21)12(22)19-4/h10-11H,5-9H2,1-4H3,(H,19,22)(H,20,23)/t10-,11-/m0/s1. The van der Waals surface area contributed by atoms with Gasteiger partial charge in [-0.15, -0.1) is 0 Å². The minimum Gasteiger partial charge on any atom is -0.359 e. The third kappa shape index (κ3) is 6.27. The lowest BCUT2D eigenvalue weighted by Crippen LogP contribution is -2.54. The van der Waals surface area contributed by atoms with Crippen LogP contribution in [0.3, 0.4) is 0 Å². The fourth-order valence-corrected chi connectivity index (χ4v) is 2.68. The minimum absolute atomic E-state index is 0.144. The van der Waals surface area contributed by atoms with Crippen molar-refractivity contribution < 1.29 is 22.8 Å². The van der Waals surface area contributed by atoms with Gasteiger partial charge in [0.15, 0.2) is 0 Å². The molecule has 0 spiro atoms. The van der Waals surface area contributed by atoms with Crippen molar-refractivity contribution in [1.29, 1.82) is 0 Å². The second-order valence-electron chi connectivity index (χ2n) is 7.21. The number of alkyl halides is 3. The van der Waals surface area contributed by atoms with Crippen LogP contribution in [-0.4, -0.2) is 49.2 Å². The number of nitrogens with one attached hydrogen (secondary N) is 2. The van der Waals surface area contributed by atoms with Gasteiger partial charge in [-0.3, -0.25) is 4.79 Å². The highest BCUT2D eigenvalue weighted by atomic mass is 19.4. The van der Waals surface area contributed by atoms with Crippen LogP contribution in [0.4, 0.5) is 18.0 Å². The summed E-state index contributed by atoms with van der Waals surface area (Å²) in [7, 11) is 1.50. The fraction of sp³-hybridized carbons (Fsp3) is 0.867. The summed E-state index contributed by atoms with van der Waals surface area (Å²) >= 11 is 0. The lowest BCUT2D eigenvalue weighted by atomic mass is 9.88. The number of piperidine rings is 1. The van der Waals surface area contributed by atoms with Crippen molar-refractivity contribution in [2.24, 2.45) is 11.3 Å². The molecule has 1 heterocycles. The van der Waals surface area contributed by atoms with Crippen LogP contribution in [0, 0.1) is 11.3 Å². The van der Waals surface area contributed by atoms with Gasteiger partial charge in [0.1, 0.15) is 6.04 Å². The Bertz CT molecular complexity index is 433. The van der Waals surface area contributed by atoms with E-state index in [9.17, 15) is 22.8 Å². The zero-order chi connectivity index (χ0) is 17.8. The number of carbonyl (C=O) groups excluding carboxylic acids is 2. The van der Waals surface area contributed by atoms with E-state index in [0.717, 1.165) is 0 Å². The molecule has 23 heavy (non-hydrogen) atoms. The molecule has 2 atom stereocenters. The van der Waals surface area contributed by atoms with E-state index < -0.39 is 23.7 Å². The molecule has 3 amide bonds. The molecule has 0 aliphatic carbocycles. The molecular weight excluding hydrogens is 311 g/mol. The van der Waals surface area contributed by atoms with Crippen LogP contribution in [0.1, 0.15) is 40.0 Å². The summed E-state index contributed by atoms with van der Waals surface area (Å²) in [6.45, 7) is 5.59. The molecule has 1 aliphatic heterocycles. The zero-order valence-electron chi connectivity index (χ0n) is 14.1. The molecule has 0 aromatic carbocycles. The molecule has 1 aliphatic rings. The quantitative estimate of drug-likeness (QED) is 0.831.